The van der Waals surface area contributed by atoms with Crippen LogP contribution in [0.5, 0.6) is 11.5 Å². The molecule has 5 nitrogen and oxygen atoms in total. The van der Waals surface area contributed by atoms with E-state index in [1.54, 1.807) is 0 Å². The number of hydrogen-bond donors (Lipinski definition) is 0. The standard InChI is InChI=1S/C13H5Cl3N2O3/c14-9-3-8(2-1-7(9)6-17)21-13-5-11(16)10(15)4-12(13)18(19)20/h1-5H. The van der Waals surface area contributed by atoms with E-state index < -0.39 is 4.92 Å². The van der Waals surface area contributed by atoms with Crippen LogP contribution in [0, 0.1) is 21.4 Å². The monoisotopic (exact) mass is 342 g/mol. The molecule has 0 unspecified atom stereocenters. The van der Waals surface area contributed by atoms with E-state index in [-0.39, 0.29) is 37.8 Å². The molecule has 0 aromatic heterocycles. The summed E-state index contributed by atoms with van der Waals surface area (Å²) < 4.78 is 5.41. The van der Waals surface area contributed by atoms with Crippen LogP contribution in [0.2, 0.25) is 15.1 Å². The predicted molar refractivity (Wildman–Crippen MR) is 79.4 cm³/mol. The van der Waals surface area contributed by atoms with Crippen LogP contribution >= 0.6 is 34.8 Å². The van der Waals surface area contributed by atoms with Crippen LogP contribution in [0.4, 0.5) is 5.69 Å². The van der Waals surface area contributed by atoms with Crippen molar-refractivity contribution in [2.75, 3.05) is 0 Å². The third-order valence-electron chi connectivity index (χ3n) is 2.49. The SMILES string of the molecule is N#Cc1ccc(Oc2cc(Cl)c(Cl)cc2[N+](=O)[O-])cc1Cl. The van der Waals surface area contributed by atoms with E-state index in [1.807, 2.05) is 6.07 Å². The summed E-state index contributed by atoms with van der Waals surface area (Å²) in [6, 6.07) is 8.54. The maximum Gasteiger partial charge on any atom is 0.313 e. The van der Waals surface area contributed by atoms with Crippen LogP contribution in [-0.4, -0.2) is 4.92 Å². The zero-order valence-electron chi connectivity index (χ0n) is 10.1. The van der Waals surface area contributed by atoms with E-state index in [2.05, 4.69) is 0 Å². The number of nitro groups is 1. The number of nitrogens with zero attached hydrogens (tertiary/aromatic N) is 2. The molecule has 0 aliphatic carbocycles. The van der Waals surface area contributed by atoms with Crippen LogP contribution in [-0.2, 0) is 0 Å². The molecule has 2 aromatic carbocycles. The Morgan fingerprint density at radius 2 is 1.76 bits per heavy atom. The molecule has 0 saturated carbocycles. The quantitative estimate of drug-likeness (QED) is 0.565. The van der Waals surface area contributed by atoms with Crippen molar-refractivity contribution in [3.8, 4) is 17.6 Å². The highest BCUT2D eigenvalue weighted by atomic mass is 35.5. The van der Waals surface area contributed by atoms with Crippen molar-refractivity contribution in [2.24, 2.45) is 0 Å². The summed E-state index contributed by atoms with van der Waals surface area (Å²) in [5.41, 5.74) is -0.0578. The smallest absolute Gasteiger partial charge is 0.313 e. The Bertz CT molecular complexity index is 772. The van der Waals surface area contributed by atoms with Crippen LogP contribution in [0.15, 0.2) is 30.3 Å². The Labute approximate surface area is 134 Å². The first-order valence-electron chi connectivity index (χ1n) is 5.43. The van der Waals surface area contributed by atoms with Crippen molar-refractivity contribution >= 4 is 40.5 Å². The van der Waals surface area contributed by atoms with E-state index in [4.69, 9.17) is 44.8 Å². The number of hydrogen-bond acceptors (Lipinski definition) is 4. The van der Waals surface area contributed by atoms with Gasteiger partial charge in [-0.15, -0.1) is 0 Å². The summed E-state index contributed by atoms with van der Waals surface area (Å²) in [6.07, 6.45) is 0. The second kappa shape index (κ2) is 6.19. The minimum Gasteiger partial charge on any atom is -0.450 e. The lowest BCUT2D eigenvalue weighted by molar-refractivity contribution is -0.385. The lowest BCUT2D eigenvalue weighted by Crippen LogP contribution is -1.94. The van der Waals surface area contributed by atoms with E-state index in [0.717, 1.165) is 6.07 Å². The van der Waals surface area contributed by atoms with Crippen molar-refractivity contribution < 1.29 is 9.66 Å². The lowest BCUT2D eigenvalue weighted by atomic mass is 10.2. The summed E-state index contributed by atoms with van der Waals surface area (Å²) in [5.74, 6) is 0.163. The Morgan fingerprint density at radius 3 is 2.33 bits per heavy atom. The first-order chi connectivity index (χ1) is 9.92. The molecule has 0 aliphatic rings. The molecule has 0 aliphatic heterocycles. The van der Waals surface area contributed by atoms with Gasteiger partial charge in [0.15, 0.2) is 0 Å². The van der Waals surface area contributed by atoms with Gasteiger partial charge in [0.1, 0.15) is 11.8 Å². The minimum absolute atomic E-state index is 0.0496. The molecule has 2 rings (SSSR count). The Kier molecular flexibility index (Phi) is 4.53. The zero-order chi connectivity index (χ0) is 15.6. The molecular weight excluding hydrogens is 339 g/mol. The number of nitro benzene ring substituents is 1. The van der Waals surface area contributed by atoms with E-state index in [0.29, 0.717) is 0 Å². The van der Waals surface area contributed by atoms with Crippen molar-refractivity contribution in [3.63, 3.8) is 0 Å². The highest BCUT2D eigenvalue weighted by Gasteiger charge is 2.19. The average Bonchev–Trinajstić information content (AvgIpc) is 2.42. The van der Waals surface area contributed by atoms with Gasteiger partial charge in [-0.05, 0) is 12.1 Å². The predicted octanol–water partition coefficient (Wildman–Crippen LogP) is 5.22. The zero-order valence-corrected chi connectivity index (χ0v) is 12.4. The Balaban J connectivity index is 2.44. The molecule has 0 atom stereocenters. The van der Waals surface area contributed by atoms with Gasteiger partial charge in [0.05, 0.1) is 25.6 Å². The summed E-state index contributed by atoms with van der Waals surface area (Å²) in [6.45, 7) is 0. The van der Waals surface area contributed by atoms with Gasteiger partial charge in [-0.25, -0.2) is 0 Å². The van der Waals surface area contributed by atoms with Crippen LogP contribution < -0.4 is 4.74 Å². The number of ether oxygens (including phenoxy) is 1. The first kappa shape index (κ1) is 15.4. The van der Waals surface area contributed by atoms with E-state index in [1.165, 1.54) is 24.3 Å². The van der Waals surface area contributed by atoms with Crippen molar-refractivity contribution in [3.05, 3.63) is 61.1 Å². The largest absolute Gasteiger partial charge is 0.450 e. The van der Waals surface area contributed by atoms with Crippen molar-refractivity contribution in [2.45, 2.75) is 0 Å². The molecule has 21 heavy (non-hydrogen) atoms. The molecule has 0 heterocycles. The normalized spacial score (nSPS) is 10.0. The molecule has 0 amide bonds. The van der Waals surface area contributed by atoms with Gasteiger partial charge in [-0.1, -0.05) is 34.8 Å². The second-order valence-electron chi connectivity index (χ2n) is 3.85. The van der Waals surface area contributed by atoms with E-state index in [9.17, 15) is 10.1 Å². The minimum atomic E-state index is -0.636. The summed E-state index contributed by atoms with van der Waals surface area (Å²) in [5, 5.41) is 20.1. The third kappa shape index (κ3) is 3.37. The number of benzene rings is 2. The van der Waals surface area contributed by atoms with Gasteiger partial charge in [-0.2, -0.15) is 5.26 Å². The molecule has 0 N–H and O–H groups in total. The molecule has 0 saturated heterocycles. The van der Waals surface area contributed by atoms with Crippen LogP contribution in [0.1, 0.15) is 5.56 Å². The number of nitriles is 1. The van der Waals surface area contributed by atoms with E-state index >= 15 is 0 Å². The highest BCUT2D eigenvalue weighted by molar-refractivity contribution is 6.42. The molecule has 0 fully saturated rings. The van der Waals surface area contributed by atoms with Crippen molar-refractivity contribution in [1.29, 1.82) is 5.26 Å². The maximum atomic E-state index is 11.0. The molecule has 0 bridgehead atoms. The van der Waals surface area contributed by atoms with Crippen molar-refractivity contribution in [1.82, 2.24) is 0 Å². The fourth-order valence-corrected chi connectivity index (χ4v) is 2.04. The summed E-state index contributed by atoms with van der Waals surface area (Å²) in [7, 11) is 0. The topological polar surface area (TPSA) is 76.2 Å². The molecule has 2 aromatic rings. The van der Waals surface area contributed by atoms with Crippen LogP contribution in [0.3, 0.4) is 0 Å². The first-order valence-corrected chi connectivity index (χ1v) is 6.56. The van der Waals surface area contributed by atoms with Gasteiger partial charge >= 0.3 is 5.69 Å². The summed E-state index contributed by atoms with van der Waals surface area (Å²) in [4.78, 5) is 10.4. The van der Waals surface area contributed by atoms with Crippen LogP contribution in [0.25, 0.3) is 0 Å². The highest BCUT2D eigenvalue weighted by Crippen LogP contribution is 2.38. The lowest BCUT2D eigenvalue weighted by Gasteiger charge is -2.08. The molecule has 0 radical (unpaired) electrons. The third-order valence-corrected chi connectivity index (χ3v) is 3.52. The number of rotatable bonds is 3. The second-order valence-corrected chi connectivity index (χ2v) is 5.07. The van der Waals surface area contributed by atoms with Gasteiger partial charge in [0.2, 0.25) is 5.75 Å². The average molecular weight is 344 g/mol. The maximum absolute atomic E-state index is 11.0. The summed E-state index contributed by atoms with van der Waals surface area (Å²) >= 11 is 17.5. The van der Waals surface area contributed by atoms with Gasteiger partial charge in [-0.3, -0.25) is 10.1 Å². The molecular formula is C13H5Cl3N2O3. The molecule has 106 valence electrons. The van der Waals surface area contributed by atoms with Gasteiger partial charge in [0.25, 0.3) is 0 Å². The van der Waals surface area contributed by atoms with Gasteiger partial charge < -0.3 is 4.74 Å². The fraction of sp³-hybridized carbons (Fsp3) is 0. The Hall–Kier alpha value is -2.00. The fourth-order valence-electron chi connectivity index (χ4n) is 1.52. The molecule has 8 heteroatoms. The van der Waals surface area contributed by atoms with Gasteiger partial charge in [0, 0.05) is 18.2 Å². The molecule has 0 spiro atoms. The Morgan fingerprint density at radius 1 is 1.10 bits per heavy atom. The number of halogens is 3.